The molecule has 172 valence electrons. The van der Waals surface area contributed by atoms with Crippen LogP contribution in [0.15, 0.2) is 0 Å². The molecule has 0 aliphatic heterocycles. The lowest BCUT2D eigenvalue weighted by molar-refractivity contribution is -0.962. The Kier molecular flexibility index (Phi) is 19.6. The summed E-state index contributed by atoms with van der Waals surface area (Å²) in [5.74, 6) is 0.828. The minimum atomic E-state index is 0. The third-order valence-electron chi connectivity index (χ3n) is 7.48. The van der Waals surface area contributed by atoms with E-state index in [2.05, 4.69) is 48.6 Å². The van der Waals surface area contributed by atoms with Crippen LogP contribution in [0.2, 0.25) is 0 Å². The highest BCUT2D eigenvalue weighted by molar-refractivity contribution is 4.82. The highest BCUT2D eigenvalue weighted by Crippen LogP contribution is 2.38. The first-order chi connectivity index (χ1) is 12.9. The smallest absolute Gasteiger partial charge is 0.0987 e. The van der Waals surface area contributed by atoms with Gasteiger partial charge < -0.3 is 16.9 Å². The van der Waals surface area contributed by atoms with Crippen molar-refractivity contribution in [1.29, 1.82) is 0 Å². The number of hydrogen-bond donors (Lipinski definition) is 0. The summed E-state index contributed by atoms with van der Waals surface area (Å²) in [6.07, 6.45) is 21.2. The zero-order chi connectivity index (χ0) is 20.6. The van der Waals surface area contributed by atoms with Crippen LogP contribution in [0, 0.1) is 5.92 Å². The second kappa shape index (κ2) is 18.1. The van der Waals surface area contributed by atoms with Crippen LogP contribution in [0.5, 0.6) is 0 Å². The molecule has 2 unspecified atom stereocenters. The number of hydrogen-bond acceptors (Lipinski definition) is 0. The SMILES string of the molecule is CCCCCCCCCCCCC(C)C(C)(CCC)[N+](C)(CCC)CCC.[Cl-]. The molecule has 28 heavy (non-hydrogen) atoms. The van der Waals surface area contributed by atoms with E-state index in [1.807, 2.05) is 0 Å². The van der Waals surface area contributed by atoms with Gasteiger partial charge in [-0.15, -0.1) is 0 Å². The minimum Gasteiger partial charge on any atom is -1.00 e. The van der Waals surface area contributed by atoms with Crippen LogP contribution in [0.4, 0.5) is 0 Å². The first-order valence-electron chi connectivity index (χ1n) is 12.8. The summed E-state index contributed by atoms with van der Waals surface area (Å²) in [4.78, 5) is 0. The van der Waals surface area contributed by atoms with Gasteiger partial charge in [-0.3, -0.25) is 0 Å². The molecular formula is C26H56ClN. The van der Waals surface area contributed by atoms with E-state index in [-0.39, 0.29) is 12.4 Å². The van der Waals surface area contributed by atoms with Gasteiger partial charge in [-0.2, -0.15) is 0 Å². The van der Waals surface area contributed by atoms with Crippen molar-refractivity contribution in [2.75, 3.05) is 20.1 Å². The van der Waals surface area contributed by atoms with Crippen molar-refractivity contribution < 1.29 is 16.9 Å². The highest BCUT2D eigenvalue weighted by atomic mass is 35.5. The number of rotatable bonds is 19. The van der Waals surface area contributed by atoms with Gasteiger partial charge in [0, 0.05) is 12.3 Å². The highest BCUT2D eigenvalue weighted by Gasteiger charge is 2.45. The van der Waals surface area contributed by atoms with Gasteiger partial charge in [0.1, 0.15) is 0 Å². The van der Waals surface area contributed by atoms with E-state index in [0.717, 1.165) is 5.92 Å². The van der Waals surface area contributed by atoms with Gasteiger partial charge in [-0.1, -0.05) is 105 Å². The Morgan fingerprint density at radius 2 is 1.07 bits per heavy atom. The molecular weight excluding hydrogens is 362 g/mol. The van der Waals surface area contributed by atoms with E-state index in [4.69, 9.17) is 0 Å². The number of nitrogens with zero attached hydrogens (tertiary/aromatic N) is 1. The van der Waals surface area contributed by atoms with Gasteiger partial charge >= 0.3 is 0 Å². The lowest BCUT2D eigenvalue weighted by Crippen LogP contribution is -3.00. The van der Waals surface area contributed by atoms with Crippen molar-refractivity contribution in [3.05, 3.63) is 0 Å². The van der Waals surface area contributed by atoms with Gasteiger partial charge in [0.15, 0.2) is 0 Å². The van der Waals surface area contributed by atoms with Crippen LogP contribution < -0.4 is 12.4 Å². The summed E-state index contributed by atoms with van der Waals surface area (Å²) in [5.41, 5.74) is 0.444. The Labute approximate surface area is 186 Å². The monoisotopic (exact) mass is 417 g/mol. The topological polar surface area (TPSA) is 0 Å². The van der Waals surface area contributed by atoms with Gasteiger partial charge in [0.2, 0.25) is 0 Å². The maximum atomic E-state index is 2.61. The van der Waals surface area contributed by atoms with E-state index in [9.17, 15) is 0 Å². The predicted octanol–water partition coefficient (Wildman–Crippen LogP) is 5.76. The fourth-order valence-corrected chi connectivity index (χ4v) is 5.41. The Morgan fingerprint density at radius 3 is 1.46 bits per heavy atom. The van der Waals surface area contributed by atoms with Gasteiger partial charge in [0.05, 0.1) is 25.7 Å². The molecule has 0 amide bonds. The summed E-state index contributed by atoms with van der Waals surface area (Å²) in [6.45, 7) is 17.3. The molecule has 0 rings (SSSR count). The van der Waals surface area contributed by atoms with Gasteiger partial charge in [0.25, 0.3) is 0 Å². The fraction of sp³-hybridized carbons (Fsp3) is 1.00. The molecule has 0 aromatic rings. The summed E-state index contributed by atoms with van der Waals surface area (Å²) >= 11 is 0. The number of quaternary nitrogens is 1. The van der Waals surface area contributed by atoms with Crippen molar-refractivity contribution in [3.8, 4) is 0 Å². The zero-order valence-electron chi connectivity index (χ0n) is 20.9. The Balaban J connectivity index is 0. The third kappa shape index (κ3) is 10.9. The molecule has 0 aromatic carbocycles. The van der Waals surface area contributed by atoms with E-state index < -0.39 is 0 Å². The quantitative estimate of drug-likeness (QED) is 0.185. The van der Waals surface area contributed by atoms with Crippen molar-refractivity contribution in [2.45, 2.75) is 143 Å². The van der Waals surface area contributed by atoms with Crippen molar-refractivity contribution in [2.24, 2.45) is 5.92 Å². The molecule has 2 atom stereocenters. The maximum Gasteiger partial charge on any atom is 0.0987 e. The van der Waals surface area contributed by atoms with E-state index in [1.54, 1.807) is 0 Å². The molecule has 0 heterocycles. The lowest BCUT2D eigenvalue weighted by atomic mass is 9.76. The molecule has 0 saturated carbocycles. The Morgan fingerprint density at radius 1 is 0.643 bits per heavy atom. The van der Waals surface area contributed by atoms with Crippen LogP contribution in [0.1, 0.15) is 138 Å². The summed E-state index contributed by atoms with van der Waals surface area (Å²) < 4.78 is 1.28. The molecule has 2 heteroatoms. The average Bonchev–Trinajstić information content (AvgIpc) is 2.63. The van der Waals surface area contributed by atoms with Crippen molar-refractivity contribution >= 4 is 0 Å². The van der Waals surface area contributed by atoms with Crippen LogP contribution in [-0.4, -0.2) is 30.2 Å². The van der Waals surface area contributed by atoms with Crippen LogP contribution in [0.25, 0.3) is 0 Å². The average molecular weight is 418 g/mol. The molecule has 0 N–H and O–H groups in total. The third-order valence-corrected chi connectivity index (χ3v) is 7.48. The first-order valence-corrected chi connectivity index (χ1v) is 12.8. The van der Waals surface area contributed by atoms with Crippen molar-refractivity contribution in [3.63, 3.8) is 0 Å². The molecule has 1 nitrogen and oxygen atoms in total. The molecule has 0 bridgehead atoms. The normalized spacial score (nSPS) is 15.1. The van der Waals surface area contributed by atoms with Gasteiger partial charge in [-0.05, 0) is 26.2 Å². The summed E-state index contributed by atoms with van der Waals surface area (Å²) in [5, 5.41) is 0. The second-order valence-corrected chi connectivity index (χ2v) is 9.82. The fourth-order valence-electron chi connectivity index (χ4n) is 5.41. The van der Waals surface area contributed by atoms with Crippen LogP contribution in [0.3, 0.4) is 0 Å². The predicted molar refractivity (Wildman–Crippen MR) is 125 cm³/mol. The number of unbranched alkanes of at least 4 members (excludes halogenated alkanes) is 9. The second-order valence-electron chi connectivity index (χ2n) is 9.82. The molecule has 0 fully saturated rings. The van der Waals surface area contributed by atoms with Crippen molar-refractivity contribution in [1.82, 2.24) is 0 Å². The molecule has 0 radical (unpaired) electrons. The van der Waals surface area contributed by atoms with E-state index in [0.29, 0.717) is 5.54 Å². The molecule has 0 saturated heterocycles. The maximum absolute atomic E-state index is 2.61. The largest absolute Gasteiger partial charge is 1.00 e. The molecule has 0 spiro atoms. The summed E-state index contributed by atoms with van der Waals surface area (Å²) in [6, 6.07) is 0. The number of halogens is 1. The Hall–Kier alpha value is 0.250. The molecule has 0 aromatic heterocycles. The van der Waals surface area contributed by atoms with E-state index >= 15 is 0 Å². The van der Waals surface area contributed by atoms with Crippen LogP contribution in [-0.2, 0) is 0 Å². The Bertz CT molecular complexity index is 324. The summed E-state index contributed by atoms with van der Waals surface area (Å²) in [7, 11) is 2.55. The lowest BCUT2D eigenvalue weighted by Gasteiger charge is -2.53. The molecule has 0 aliphatic rings. The minimum absolute atomic E-state index is 0. The first kappa shape index (κ1) is 30.4. The van der Waals surface area contributed by atoms with Gasteiger partial charge in [-0.25, -0.2) is 0 Å². The standard InChI is InChI=1S/C26H56N.ClH/c1-8-12-13-14-15-16-17-18-19-20-21-25(5)26(6,22-9-2)27(7,23-10-3)24-11-4;/h25H,8-24H2,1-7H3;1H/q+1;/p-1. The van der Waals surface area contributed by atoms with E-state index in [1.165, 1.54) is 114 Å². The zero-order valence-corrected chi connectivity index (χ0v) is 21.7. The van der Waals surface area contributed by atoms with Crippen LogP contribution >= 0.6 is 0 Å². The molecule has 0 aliphatic carbocycles.